The molecule has 0 saturated heterocycles. The van der Waals surface area contributed by atoms with E-state index in [1.807, 2.05) is 0 Å². The second-order valence-corrected chi connectivity index (χ2v) is 9.81. The van der Waals surface area contributed by atoms with Crippen molar-refractivity contribution in [3.05, 3.63) is 80.4 Å². The number of H-pyrrole nitrogens is 2. The molecule has 0 bridgehead atoms. The van der Waals surface area contributed by atoms with Crippen molar-refractivity contribution < 1.29 is 13.2 Å². The number of hydrogen-bond donors (Lipinski definition) is 3. The van der Waals surface area contributed by atoms with Crippen molar-refractivity contribution in [1.29, 1.82) is 0 Å². The van der Waals surface area contributed by atoms with Gasteiger partial charge in [-0.25, -0.2) is 8.42 Å². The number of aryl methyl sites for hydroxylation is 1. The normalized spacial score (nSPS) is 11.9. The Morgan fingerprint density at radius 3 is 2.18 bits per heavy atom. The highest BCUT2D eigenvalue weighted by Gasteiger charge is 2.23. The number of carbonyl (C=O) groups is 1. The number of nitrogens with zero attached hydrogens (tertiary/aromatic N) is 1. The molecule has 4 rings (SSSR count). The van der Waals surface area contributed by atoms with Crippen LogP contribution in [0.5, 0.6) is 0 Å². The number of hydrogen-bond acceptors (Lipinski definition) is 5. The minimum atomic E-state index is -3.76. The van der Waals surface area contributed by atoms with Gasteiger partial charge in [-0.05, 0) is 48.9 Å². The first-order valence-electron chi connectivity index (χ1n) is 10.8. The topological polar surface area (TPSA) is 132 Å². The summed E-state index contributed by atoms with van der Waals surface area (Å²) in [6.07, 6.45) is 0. The molecule has 0 aliphatic carbocycles. The van der Waals surface area contributed by atoms with Gasteiger partial charge in [-0.15, -0.1) is 0 Å². The van der Waals surface area contributed by atoms with Gasteiger partial charge in [-0.3, -0.25) is 14.4 Å². The first kappa shape index (κ1) is 23.4. The van der Waals surface area contributed by atoms with Crippen LogP contribution in [0.25, 0.3) is 21.8 Å². The zero-order chi connectivity index (χ0) is 24.6. The van der Waals surface area contributed by atoms with Crippen LogP contribution in [0.15, 0.2) is 63.0 Å². The van der Waals surface area contributed by atoms with Gasteiger partial charge in [0.2, 0.25) is 21.1 Å². The lowest BCUT2D eigenvalue weighted by atomic mass is 10.1. The number of benzene rings is 2. The molecule has 3 N–H and O–H groups in total. The highest BCUT2D eigenvalue weighted by Crippen LogP contribution is 2.25. The van der Waals surface area contributed by atoms with E-state index in [1.165, 1.54) is 28.6 Å². The van der Waals surface area contributed by atoms with Crippen molar-refractivity contribution in [2.75, 3.05) is 18.4 Å². The van der Waals surface area contributed by atoms with E-state index >= 15 is 0 Å². The second kappa shape index (κ2) is 8.88. The Labute approximate surface area is 195 Å². The smallest absolute Gasteiger partial charge is 0.256 e. The van der Waals surface area contributed by atoms with Crippen molar-refractivity contribution in [3.8, 4) is 0 Å². The second-order valence-electron chi connectivity index (χ2n) is 7.88. The molecule has 0 atom stereocenters. The molecule has 34 heavy (non-hydrogen) atoms. The Morgan fingerprint density at radius 2 is 1.50 bits per heavy atom. The number of anilines is 1. The average molecular weight is 481 g/mol. The summed E-state index contributed by atoms with van der Waals surface area (Å²) < 4.78 is 27.3. The maximum absolute atomic E-state index is 13.2. The van der Waals surface area contributed by atoms with Gasteiger partial charge in [-0.2, -0.15) is 4.31 Å². The molecule has 10 heteroatoms. The van der Waals surface area contributed by atoms with E-state index in [9.17, 15) is 22.8 Å². The number of aromatic nitrogens is 2. The summed E-state index contributed by atoms with van der Waals surface area (Å²) in [5, 5.41) is 3.85. The number of carbonyl (C=O) groups excluding carboxylic acids is 1. The van der Waals surface area contributed by atoms with Crippen LogP contribution in [0, 0.1) is 6.92 Å². The fourth-order valence-corrected chi connectivity index (χ4v) is 5.48. The van der Waals surface area contributed by atoms with Crippen molar-refractivity contribution in [2.45, 2.75) is 25.7 Å². The Bertz CT molecular complexity index is 1650. The molecule has 9 nitrogen and oxygen atoms in total. The highest BCUT2D eigenvalue weighted by atomic mass is 32.2. The molecule has 2 aromatic carbocycles. The Balaban J connectivity index is 1.79. The van der Waals surface area contributed by atoms with Crippen molar-refractivity contribution in [2.24, 2.45) is 0 Å². The first-order chi connectivity index (χ1) is 16.1. The van der Waals surface area contributed by atoms with Crippen molar-refractivity contribution >= 4 is 43.4 Å². The molecular weight excluding hydrogens is 456 g/mol. The molecule has 2 heterocycles. The first-order valence-corrected chi connectivity index (χ1v) is 12.2. The summed E-state index contributed by atoms with van der Waals surface area (Å²) in [7, 11) is -3.76. The molecule has 0 saturated carbocycles. The monoisotopic (exact) mass is 480 g/mol. The summed E-state index contributed by atoms with van der Waals surface area (Å²) in [5.41, 5.74) is 1.56. The quantitative estimate of drug-likeness (QED) is 0.390. The molecular formula is C24H24N4O5S. The molecule has 2 aromatic heterocycles. The Kier molecular flexibility index (Phi) is 6.11. The van der Waals surface area contributed by atoms with Gasteiger partial charge in [0.05, 0.1) is 10.5 Å². The molecule has 0 unspecified atom stereocenters. The summed E-state index contributed by atoms with van der Waals surface area (Å²) in [5.74, 6) is -0.560. The van der Waals surface area contributed by atoms with E-state index < -0.39 is 21.5 Å². The minimum absolute atomic E-state index is 0.0371. The fourth-order valence-electron chi connectivity index (χ4n) is 3.99. The SMILES string of the molecule is CCN(CC)S(=O)(=O)c1ccc2[nH]c(=O)cc(C(=O)Nc3ccc4[nH]c(=O)cc(C)c4c3)c2c1. The van der Waals surface area contributed by atoms with Gasteiger partial charge in [0.25, 0.3) is 5.91 Å². The summed E-state index contributed by atoms with van der Waals surface area (Å²) in [4.78, 5) is 42.5. The maximum Gasteiger partial charge on any atom is 0.256 e. The number of pyridine rings is 2. The third-order valence-electron chi connectivity index (χ3n) is 5.71. The van der Waals surface area contributed by atoms with Crippen molar-refractivity contribution in [3.63, 3.8) is 0 Å². The molecule has 0 aliphatic rings. The zero-order valence-electron chi connectivity index (χ0n) is 18.9. The van der Waals surface area contributed by atoms with E-state index in [2.05, 4.69) is 15.3 Å². The molecule has 0 spiro atoms. The van der Waals surface area contributed by atoms with Crippen LogP contribution < -0.4 is 16.4 Å². The van der Waals surface area contributed by atoms with Crippen LogP contribution in [0.4, 0.5) is 5.69 Å². The van der Waals surface area contributed by atoms with E-state index in [-0.39, 0.29) is 16.0 Å². The number of nitrogens with one attached hydrogen (secondary N) is 3. The van der Waals surface area contributed by atoms with Crippen LogP contribution in [0.1, 0.15) is 29.8 Å². The minimum Gasteiger partial charge on any atom is -0.322 e. The Hall–Kier alpha value is -3.76. The third-order valence-corrected chi connectivity index (χ3v) is 7.76. The summed E-state index contributed by atoms with van der Waals surface area (Å²) >= 11 is 0. The largest absolute Gasteiger partial charge is 0.322 e. The lowest BCUT2D eigenvalue weighted by molar-refractivity contribution is 0.102. The molecule has 176 valence electrons. The summed E-state index contributed by atoms with van der Waals surface area (Å²) in [6.45, 7) is 5.91. The lowest BCUT2D eigenvalue weighted by Crippen LogP contribution is -2.30. The highest BCUT2D eigenvalue weighted by molar-refractivity contribution is 7.89. The van der Waals surface area contributed by atoms with E-state index in [4.69, 9.17) is 0 Å². The average Bonchev–Trinajstić information content (AvgIpc) is 2.79. The predicted molar refractivity (Wildman–Crippen MR) is 132 cm³/mol. The zero-order valence-corrected chi connectivity index (χ0v) is 19.7. The number of sulfonamides is 1. The molecule has 4 aromatic rings. The standard InChI is InChI=1S/C24H24N4O5S/c1-4-28(5-2)34(32,33)16-7-9-21-18(12-16)19(13-23(30)27-21)24(31)25-15-6-8-20-17(11-15)14(3)10-22(29)26-20/h6-13H,4-5H2,1-3H3,(H,25,31)(H,26,29)(H,27,30). The van der Waals surface area contributed by atoms with Crippen LogP contribution >= 0.6 is 0 Å². The summed E-state index contributed by atoms with van der Waals surface area (Å²) in [6, 6.07) is 12.0. The predicted octanol–water partition coefficient (Wildman–Crippen LogP) is 2.96. The van der Waals surface area contributed by atoms with Crippen LogP contribution in [-0.2, 0) is 10.0 Å². The van der Waals surface area contributed by atoms with Gasteiger partial charge in [-0.1, -0.05) is 13.8 Å². The number of aromatic amines is 2. The van der Waals surface area contributed by atoms with E-state index in [0.29, 0.717) is 35.2 Å². The third kappa shape index (κ3) is 4.25. The number of rotatable bonds is 6. The van der Waals surface area contributed by atoms with Gasteiger partial charge in [0.15, 0.2) is 0 Å². The fraction of sp³-hybridized carbons (Fsp3) is 0.208. The molecule has 1 amide bonds. The van der Waals surface area contributed by atoms with Crippen molar-refractivity contribution in [1.82, 2.24) is 14.3 Å². The molecule has 0 fully saturated rings. The maximum atomic E-state index is 13.2. The van der Waals surface area contributed by atoms with Crippen LogP contribution in [0.2, 0.25) is 0 Å². The van der Waals surface area contributed by atoms with Crippen LogP contribution in [-0.4, -0.2) is 41.7 Å². The lowest BCUT2D eigenvalue weighted by Gasteiger charge is -2.19. The van der Waals surface area contributed by atoms with Gasteiger partial charge in [0.1, 0.15) is 0 Å². The van der Waals surface area contributed by atoms with E-state index in [1.54, 1.807) is 39.0 Å². The van der Waals surface area contributed by atoms with E-state index in [0.717, 1.165) is 17.0 Å². The van der Waals surface area contributed by atoms with Crippen LogP contribution in [0.3, 0.4) is 0 Å². The van der Waals surface area contributed by atoms with Gasteiger partial charge < -0.3 is 15.3 Å². The number of fused-ring (bicyclic) bond motifs is 2. The van der Waals surface area contributed by atoms with Gasteiger partial charge >= 0.3 is 0 Å². The number of amides is 1. The van der Waals surface area contributed by atoms with Gasteiger partial charge in [0, 0.05) is 52.7 Å². The molecule has 0 aliphatic heterocycles. The molecule has 0 radical (unpaired) electrons. The Morgan fingerprint density at radius 1 is 0.882 bits per heavy atom.